The maximum absolute atomic E-state index is 12.2. The van der Waals surface area contributed by atoms with Gasteiger partial charge in [-0.15, -0.1) is 0 Å². The molecule has 0 aliphatic carbocycles. The molecule has 2 aromatic heterocycles. The minimum absolute atomic E-state index is 0.161. The smallest absolute Gasteiger partial charge is 0.251 e. The zero-order chi connectivity index (χ0) is 19.3. The van der Waals surface area contributed by atoms with Crippen molar-refractivity contribution in [2.75, 3.05) is 19.6 Å². The molecular weight excluding hydrogens is 350 g/mol. The van der Waals surface area contributed by atoms with Crippen molar-refractivity contribution in [3.05, 3.63) is 70.8 Å². The van der Waals surface area contributed by atoms with Crippen LogP contribution in [0.1, 0.15) is 18.4 Å². The van der Waals surface area contributed by atoms with Crippen molar-refractivity contribution in [1.29, 1.82) is 0 Å². The van der Waals surface area contributed by atoms with Crippen LogP contribution in [0.2, 0.25) is 0 Å². The Bertz CT molecular complexity index is 977. The molecule has 0 atom stereocenters. The summed E-state index contributed by atoms with van der Waals surface area (Å²) < 4.78 is 0. The summed E-state index contributed by atoms with van der Waals surface area (Å²) in [5.41, 5.74) is 9.30. The van der Waals surface area contributed by atoms with Gasteiger partial charge >= 0.3 is 0 Å². The van der Waals surface area contributed by atoms with E-state index in [0.717, 1.165) is 37.3 Å². The van der Waals surface area contributed by atoms with Crippen molar-refractivity contribution in [1.82, 2.24) is 19.9 Å². The average Bonchev–Trinajstić information content (AvgIpc) is 2.75. The average molecular weight is 375 g/mol. The fourth-order valence-corrected chi connectivity index (χ4v) is 3.72. The van der Waals surface area contributed by atoms with Gasteiger partial charge in [0.1, 0.15) is 5.82 Å². The first-order valence-electron chi connectivity index (χ1n) is 9.75. The van der Waals surface area contributed by atoms with Gasteiger partial charge in [-0.1, -0.05) is 18.2 Å². The fraction of sp³-hybridized carbons (Fsp3) is 0.318. The Morgan fingerprint density at radius 2 is 1.86 bits per heavy atom. The van der Waals surface area contributed by atoms with Crippen LogP contribution >= 0.6 is 0 Å². The lowest BCUT2D eigenvalue weighted by atomic mass is 9.96. The first-order valence-corrected chi connectivity index (χ1v) is 9.75. The third kappa shape index (κ3) is 4.35. The molecule has 0 saturated carbocycles. The van der Waals surface area contributed by atoms with Gasteiger partial charge in [0.15, 0.2) is 0 Å². The molecule has 6 nitrogen and oxygen atoms in total. The van der Waals surface area contributed by atoms with E-state index in [1.54, 1.807) is 12.4 Å². The number of benzene rings is 1. The Labute approximate surface area is 164 Å². The summed E-state index contributed by atoms with van der Waals surface area (Å²) in [6, 6.07) is 13.5. The number of rotatable bonds is 5. The monoisotopic (exact) mass is 375 g/mol. The van der Waals surface area contributed by atoms with Crippen molar-refractivity contribution in [3.8, 4) is 22.6 Å². The molecule has 0 unspecified atom stereocenters. The summed E-state index contributed by atoms with van der Waals surface area (Å²) >= 11 is 0. The lowest BCUT2D eigenvalue weighted by Gasteiger charge is -2.31. The zero-order valence-electron chi connectivity index (χ0n) is 15.8. The number of hydrogen-bond donors (Lipinski definition) is 2. The number of aromatic amines is 1. The highest BCUT2D eigenvalue weighted by Gasteiger charge is 2.18. The van der Waals surface area contributed by atoms with Gasteiger partial charge in [0.2, 0.25) is 0 Å². The van der Waals surface area contributed by atoms with Gasteiger partial charge in [-0.25, -0.2) is 4.98 Å². The van der Waals surface area contributed by atoms with Crippen LogP contribution in [0.5, 0.6) is 0 Å². The quantitative estimate of drug-likeness (QED) is 0.716. The highest BCUT2D eigenvalue weighted by Crippen LogP contribution is 2.22. The molecule has 1 fully saturated rings. The number of H-pyrrole nitrogens is 1. The first kappa shape index (κ1) is 18.5. The van der Waals surface area contributed by atoms with E-state index in [4.69, 9.17) is 5.73 Å². The van der Waals surface area contributed by atoms with E-state index < -0.39 is 0 Å². The van der Waals surface area contributed by atoms with E-state index >= 15 is 0 Å². The molecule has 3 heterocycles. The molecule has 3 N–H and O–H groups in total. The molecular formula is C22H25N5O. The van der Waals surface area contributed by atoms with Crippen molar-refractivity contribution in [2.24, 2.45) is 11.7 Å². The summed E-state index contributed by atoms with van der Waals surface area (Å²) in [7, 11) is 0. The summed E-state index contributed by atoms with van der Waals surface area (Å²) in [4.78, 5) is 26.2. The predicted molar refractivity (Wildman–Crippen MR) is 111 cm³/mol. The van der Waals surface area contributed by atoms with Crippen LogP contribution in [0.25, 0.3) is 22.6 Å². The molecule has 3 aromatic rings. The second-order valence-electron chi connectivity index (χ2n) is 7.37. The molecule has 0 bridgehead atoms. The maximum Gasteiger partial charge on any atom is 0.251 e. The Morgan fingerprint density at radius 3 is 2.61 bits per heavy atom. The van der Waals surface area contributed by atoms with Crippen LogP contribution in [0, 0.1) is 5.92 Å². The van der Waals surface area contributed by atoms with Gasteiger partial charge < -0.3 is 10.7 Å². The van der Waals surface area contributed by atoms with E-state index in [-0.39, 0.29) is 5.56 Å². The van der Waals surface area contributed by atoms with Crippen LogP contribution in [0.4, 0.5) is 0 Å². The third-order valence-electron chi connectivity index (χ3n) is 5.36. The van der Waals surface area contributed by atoms with Gasteiger partial charge in [0.25, 0.3) is 5.56 Å². The molecule has 1 aromatic carbocycles. The van der Waals surface area contributed by atoms with Crippen LogP contribution in [0.15, 0.2) is 59.7 Å². The largest absolute Gasteiger partial charge is 0.330 e. The molecule has 4 rings (SSSR count). The lowest BCUT2D eigenvalue weighted by molar-refractivity contribution is 0.180. The Balaban J connectivity index is 1.56. The Hall–Kier alpha value is -2.83. The minimum Gasteiger partial charge on any atom is -0.330 e. The number of nitrogens with one attached hydrogen (secondary N) is 1. The molecule has 0 radical (unpaired) electrons. The second-order valence-corrected chi connectivity index (χ2v) is 7.37. The van der Waals surface area contributed by atoms with Crippen LogP contribution in [-0.4, -0.2) is 39.5 Å². The molecule has 144 valence electrons. The van der Waals surface area contributed by atoms with Crippen molar-refractivity contribution in [2.45, 2.75) is 19.4 Å². The molecule has 1 saturated heterocycles. The van der Waals surface area contributed by atoms with E-state index in [2.05, 4.69) is 32.0 Å². The van der Waals surface area contributed by atoms with E-state index in [9.17, 15) is 4.79 Å². The fourth-order valence-electron chi connectivity index (χ4n) is 3.72. The normalized spacial score (nSPS) is 15.6. The molecule has 0 amide bonds. The van der Waals surface area contributed by atoms with Gasteiger partial charge in [0, 0.05) is 36.1 Å². The van der Waals surface area contributed by atoms with E-state index in [0.29, 0.717) is 17.4 Å². The van der Waals surface area contributed by atoms with E-state index in [1.165, 1.54) is 24.5 Å². The summed E-state index contributed by atoms with van der Waals surface area (Å²) in [6.45, 7) is 3.85. The highest BCUT2D eigenvalue weighted by atomic mass is 16.1. The standard InChI is InChI=1S/C22H25N5O/c23-14-16-6-10-27(11-7-16)15-17-2-1-3-19(12-17)22-25-20(13-21(28)26-22)18-4-8-24-9-5-18/h1-5,8-9,12-13,16H,6-7,10-11,14-15,23H2,(H,25,26,28). The topological polar surface area (TPSA) is 87.9 Å². The number of piperidine rings is 1. The van der Waals surface area contributed by atoms with Gasteiger partial charge in [-0.05, 0) is 62.2 Å². The minimum atomic E-state index is -0.161. The maximum atomic E-state index is 12.2. The molecule has 6 heteroatoms. The number of pyridine rings is 1. The summed E-state index contributed by atoms with van der Waals surface area (Å²) in [5.74, 6) is 1.25. The van der Waals surface area contributed by atoms with Gasteiger partial charge in [-0.3, -0.25) is 14.7 Å². The Kier molecular flexibility index (Phi) is 5.60. The SMILES string of the molecule is NCC1CCN(Cc2cccc(-c3nc(-c4ccncc4)cc(=O)[nH]3)c2)CC1. The van der Waals surface area contributed by atoms with Gasteiger partial charge in [0.05, 0.1) is 5.69 Å². The van der Waals surface area contributed by atoms with Gasteiger partial charge in [-0.2, -0.15) is 0 Å². The number of hydrogen-bond acceptors (Lipinski definition) is 5. The summed E-state index contributed by atoms with van der Waals surface area (Å²) in [5, 5.41) is 0. The molecule has 0 spiro atoms. The molecule has 1 aliphatic heterocycles. The van der Waals surface area contributed by atoms with Crippen LogP contribution in [-0.2, 0) is 6.54 Å². The second kappa shape index (κ2) is 8.46. The number of nitrogens with zero attached hydrogens (tertiary/aromatic N) is 3. The van der Waals surface area contributed by atoms with Crippen molar-refractivity contribution < 1.29 is 0 Å². The molecule has 28 heavy (non-hydrogen) atoms. The predicted octanol–water partition coefficient (Wildman–Crippen LogP) is 2.67. The number of aromatic nitrogens is 3. The van der Waals surface area contributed by atoms with E-state index in [1.807, 2.05) is 24.3 Å². The van der Waals surface area contributed by atoms with Crippen LogP contribution < -0.4 is 11.3 Å². The van der Waals surface area contributed by atoms with Crippen LogP contribution in [0.3, 0.4) is 0 Å². The number of likely N-dealkylation sites (tertiary alicyclic amines) is 1. The zero-order valence-corrected chi connectivity index (χ0v) is 15.8. The Morgan fingerprint density at radius 1 is 1.07 bits per heavy atom. The first-order chi connectivity index (χ1) is 13.7. The van der Waals surface area contributed by atoms with Crippen molar-refractivity contribution in [3.63, 3.8) is 0 Å². The summed E-state index contributed by atoms with van der Waals surface area (Å²) in [6.07, 6.45) is 5.73. The highest BCUT2D eigenvalue weighted by molar-refractivity contribution is 5.63. The van der Waals surface area contributed by atoms with Crippen molar-refractivity contribution >= 4 is 0 Å². The third-order valence-corrected chi connectivity index (χ3v) is 5.36. The molecule has 1 aliphatic rings. The number of nitrogens with two attached hydrogens (primary N) is 1. The lowest BCUT2D eigenvalue weighted by Crippen LogP contribution is -2.35.